The Morgan fingerprint density at radius 1 is 0.718 bits per heavy atom. The van der Waals surface area contributed by atoms with Gasteiger partial charge >= 0.3 is 11.9 Å². The van der Waals surface area contributed by atoms with Crippen molar-refractivity contribution < 1.29 is 53.7 Å². The molecule has 2 rings (SSSR count). The Balaban J connectivity index is -0.000000587. The van der Waals surface area contributed by atoms with Crippen LogP contribution in [0.1, 0.15) is 27.7 Å². The van der Waals surface area contributed by atoms with E-state index < -0.39 is 35.7 Å². The number of carbonyl (C=O) groups is 2. The zero-order valence-corrected chi connectivity index (χ0v) is 26.1. The van der Waals surface area contributed by atoms with Crippen molar-refractivity contribution in [1.82, 2.24) is 0 Å². The lowest BCUT2D eigenvalue weighted by molar-refractivity contribution is -0.140. The van der Waals surface area contributed by atoms with Crippen LogP contribution >= 0.6 is 33.1 Å². The van der Waals surface area contributed by atoms with E-state index in [1.807, 2.05) is 13.8 Å². The normalized spacial score (nSPS) is 24.9. The van der Waals surface area contributed by atoms with Crippen LogP contribution in [-0.4, -0.2) is 96.4 Å². The molecular weight excluding hydrogens is 578 g/mol. The molecule has 0 aromatic rings. The second-order valence-electron chi connectivity index (χ2n) is 8.22. The van der Waals surface area contributed by atoms with Crippen molar-refractivity contribution in [1.29, 1.82) is 0 Å². The number of methoxy groups -OCH3 is 2. The molecule has 39 heavy (non-hydrogen) atoms. The Labute approximate surface area is 243 Å². The summed E-state index contributed by atoms with van der Waals surface area (Å²) >= 11 is 9.53. The monoisotopic (exact) mass is 620 g/mol. The number of aliphatic hydroxyl groups excluding tert-OH is 2. The molecule has 0 saturated carbocycles. The molecule has 0 aliphatic carbocycles. The van der Waals surface area contributed by atoms with Crippen molar-refractivity contribution in [3.63, 3.8) is 0 Å². The lowest BCUT2D eigenvalue weighted by Crippen LogP contribution is -2.21. The van der Waals surface area contributed by atoms with Gasteiger partial charge in [0.1, 0.15) is 24.4 Å². The summed E-state index contributed by atoms with van der Waals surface area (Å²) in [7, 11) is 2.58. The van der Waals surface area contributed by atoms with Gasteiger partial charge in [-0.05, 0) is 39.8 Å². The van der Waals surface area contributed by atoms with E-state index in [1.165, 1.54) is 38.5 Å². The average Bonchev–Trinajstić information content (AvgIpc) is 3.31. The number of ether oxygens (including phenoxy) is 6. The van der Waals surface area contributed by atoms with Gasteiger partial charge in [0.25, 0.3) is 0 Å². The summed E-state index contributed by atoms with van der Waals surface area (Å²) in [5.74, 6) is -2.39. The fraction of sp³-hybridized carbons (Fsp3) is 0.600. The van der Waals surface area contributed by atoms with Crippen molar-refractivity contribution in [3.05, 3.63) is 48.6 Å². The van der Waals surface area contributed by atoms with Crippen LogP contribution in [0.2, 0.25) is 0 Å². The van der Waals surface area contributed by atoms with Crippen LogP contribution in [-0.2, 0) is 38.0 Å². The first-order valence-corrected chi connectivity index (χ1v) is 12.4. The van der Waals surface area contributed by atoms with E-state index in [2.05, 4.69) is 9.47 Å². The smallest absolute Gasteiger partial charge is 0.330 e. The number of halogens is 2. The molecule has 2 fully saturated rings. The Morgan fingerprint density at radius 3 is 1.21 bits per heavy atom. The summed E-state index contributed by atoms with van der Waals surface area (Å²) in [6.45, 7) is 7.13. The number of carbonyl (C=O) groups excluding carboxylic acids is 2. The minimum Gasteiger partial charge on any atom is -0.466 e. The molecule has 0 amide bonds. The van der Waals surface area contributed by atoms with Gasteiger partial charge in [0.2, 0.25) is 0 Å². The van der Waals surface area contributed by atoms with Gasteiger partial charge in [0.15, 0.2) is 11.6 Å². The number of hydrogen-bond donors (Lipinski definition) is 2. The van der Waals surface area contributed by atoms with Crippen LogP contribution in [0.15, 0.2) is 48.6 Å². The predicted molar refractivity (Wildman–Crippen MR) is 154 cm³/mol. The molecular formula is C25H43Cl2O11P. The molecule has 0 bridgehead atoms. The summed E-state index contributed by atoms with van der Waals surface area (Å²) in [6.07, 6.45) is 11.0. The average molecular weight is 621 g/mol. The van der Waals surface area contributed by atoms with E-state index in [0.717, 1.165) is 0 Å². The van der Waals surface area contributed by atoms with E-state index in [4.69, 9.17) is 52.4 Å². The molecule has 5 atom stereocenters. The minimum atomic E-state index is -0.795. The molecule has 0 aromatic carbocycles. The standard InChI is InChI=1S/C13H18O6.C11H18O4.CH2Cl2.H2O.H3P/c1-13(2)18-9(5-7-11(14)16-3)10(19-13)6-8-12(15)17-4;1-11(2)14-9(5-3-7-12)10(15-11)6-4-8-13;2-1-3;;/h5-10H,1-4H3;3-6,9-10,12-13H,7-8H2,1-2H3;1H2;1H2;1H3/b7-5+,8-6+;5-3+,6-4+;;;/t2*9-,10-;;;/m11.../s1. The van der Waals surface area contributed by atoms with Gasteiger partial charge in [0, 0.05) is 12.2 Å². The molecule has 11 nitrogen and oxygen atoms in total. The summed E-state index contributed by atoms with van der Waals surface area (Å²) in [5, 5.41) is 17.6. The quantitative estimate of drug-likeness (QED) is 0.135. The number of aliphatic hydroxyl groups is 2. The highest BCUT2D eigenvalue weighted by Crippen LogP contribution is 2.30. The number of alkyl halides is 2. The van der Waals surface area contributed by atoms with Crippen molar-refractivity contribution in [3.8, 4) is 0 Å². The fourth-order valence-corrected chi connectivity index (χ4v) is 3.10. The zero-order valence-electron chi connectivity index (χ0n) is 23.2. The molecule has 14 heteroatoms. The van der Waals surface area contributed by atoms with Crippen LogP contribution in [0.5, 0.6) is 0 Å². The first-order valence-electron chi connectivity index (χ1n) is 11.3. The Hall–Kier alpha value is -1.37. The molecule has 0 spiro atoms. The van der Waals surface area contributed by atoms with E-state index in [1.54, 1.807) is 38.2 Å². The van der Waals surface area contributed by atoms with Gasteiger partial charge in [-0.2, -0.15) is 9.90 Å². The lowest BCUT2D eigenvalue weighted by Gasteiger charge is -2.15. The molecule has 1 unspecified atom stereocenters. The number of rotatable bonds is 8. The maximum atomic E-state index is 11.1. The molecule has 2 heterocycles. The van der Waals surface area contributed by atoms with Crippen molar-refractivity contribution >= 4 is 45.0 Å². The van der Waals surface area contributed by atoms with Gasteiger partial charge in [-0.1, -0.05) is 24.3 Å². The van der Waals surface area contributed by atoms with E-state index >= 15 is 0 Å². The molecule has 2 aliphatic rings. The lowest BCUT2D eigenvalue weighted by atomic mass is 10.2. The third-order valence-electron chi connectivity index (χ3n) is 4.44. The van der Waals surface area contributed by atoms with Crippen LogP contribution in [0.3, 0.4) is 0 Å². The summed E-state index contributed by atoms with van der Waals surface area (Å²) < 4.78 is 31.4. The van der Waals surface area contributed by atoms with Gasteiger partial charge in [-0.15, -0.1) is 23.2 Å². The fourth-order valence-electron chi connectivity index (χ4n) is 3.10. The molecule has 228 valence electrons. The predicted octanol–water partition coefficient (Wildman–Crippen LogP) is 2.22. The summed E-state index contributed by atoms with van der Waals surface area (Å²) in [4.78, 5) is 22.1. The largest absolute Gasteiger partial charge is 0.466 e. The topological polar surface area (TPSA) is 161 Å². The van der Waals surface area contributed by atoms with Gasteiger partial charge in [-0.3, -0.25) is 0 Å². The maximum Gasteiger partial charge on any atom is 0.330 e. The van der Waals surface area contributed by atoms with Crippen LogP contribution in [0, 0.1) is 0 Å². The summed E-state index contributed by atoms with van der Waals surface area (Å²) in [5.41, 5.74) is 0. The highest BCUT2D eigenvalue weighted by Gasteiger charge is 2.39. The second-order valence-corrected chi connectivity index (χ2v) is 9.02. The molecule has 0 aromatic heterocycles. The van der Waals surface area contributed by atoms with Gasteiger partial charge in [0.05, 0.1) is 32.8 Å². The SMILES string of the molecule is CC1(C)O[C@H](/C=C/CO)[C@@H](/C=C/CO)O1.COC(=O)/C=C/[C@H]1OC(C)(C)O[C@@H]1/C=C/C(=O)OC.ClCCl.O.P. The Morgan fingerprint density at radius 2 is 0.974 bits per heavy atom. The van der Waals surface area contributed by atoms with E-state index in [-0.39, 0.29) is 46.1 Å². The third-order valence-corrected chi connectivity index (χ3v) is 4.44. The summed E-state index contributed by atoms with van der Waals surface area (Å²) in [6, 6.07) is 0. The Bertz CT molecular complexity index is 741. The first kappa shape index (κ1) is 42.1. The molecule has 2 aliphatic heterocycles. The third kappa shape index (κ3) is 18.6. The van der Waals surface area contributed by atoms with Crippen molar-refractivity contribution in [2.75, 3.05) is 32.8 Å². The highest BCUT2D eigenvalue weighted by molar-refractivity contribution is 6.92. The Kier molecular flexibility index (Phi) is 24.1. The van der Waals surface area contributed by atoms with Crippen LogP contribution in [0.25, 0.3) is 0 Å². The molecule has 4 N–H and O–H groups in total. The van der Waals surface area contributed by atoms with E-state index in [9.17, 15) is 9.59 Å². The van der Waals surface area contributed by atoms with Crippen molar-refractivity contribution in [2.45, 2.75) is 63.7 Å². The number of esters is 2. The number of hydrogen-bond acceptors (Lipinski definition) is 10. The molecule has 0 radical (unpaired) electrons. The highest BCUT2D eigenvalue weighted by atomic mass is 35.5. The second kappa shape index (κ2) is 22.3. The van der Waals surface area contributed by atoms with Crippen LogP contribution < -0.4 is 0 Å². The van der Waals surface area contributed by atoms with Crippen LogP contribution in [0.4, 0.5) is 0 Å². The van der Waals surface area contributed by atoms with Gasteiger partial charge in [-0.25, -0.2) is 9.59 Å². The maximum absolute atomic E-state index is 11.1. The van der Waals surface area contributed by atoms with E-state index in [0.29, 0.717) is 0 Å². The zero-order chi connectivity index (χ0) is 28.5. The molecule has 2 saturated heterocycles. The van der Waals surface area contributed by atoms with Crippen molar-refractivity contribution in [2.24, 2.45) is 0 Å². The van der Waals surface area contributed by atoms with Gasteiger partial charge < -0.3 is 44.1 Å². The first-order chi connectivity index (χ1) is 17.4. The minimum absolute atomic E-state index is 0.